The topological polar surface area (TPSA) is 78.5 Å². The Labute approximate surface area is 156 Å². The minimum Gasteiger partial charge on any atom is -0.359 e. The van der Waals surface area contributed by atoms with Crippen LogP contribution >= 0.6 is 11.3 Å². The van der Waals surface area contributed by atoms with E-state index in [1.54, 1.807) is 42.3 Å². The lowest BCUT2D eigenvalue weighted by Gasteiger charge is -2.31. The van der Waals surface area contributed by atoms with Gasteiger partial charge < -0.3 is 15.5 Å². The number of nitrogens with zero attached hydrogens (tertiary/aromatic N) is 1. The number of thiophene rings is 1. The van der Waals surface area contributed by atoms with Crippen LogP contribution in [-0.4, -0.2) is 42.8 Å². The van der Waals surface area contributed by atoms with Crippen LogP contribution in [0.4, 0.5) is 5.69 Å². The first-order valence-electron chi connectivity index (χ1n) is 8.54. The predicted octanol–water partition coefficient (Wildman–Crippen LogP) is 2.60. The first-order valence-corrected chi connectivity index (χ1v) is 9.42. The van der Waals surface area contributed by atoms with Crippen molar-refractivity contribution >= 4 is 34.7 Å². The van der Waals surface area contributed by atoms with Gasteiger partial charge in [-0.3, -0.25) is 14.4 Å². The molecule has 3 rings (SSSR count). The van der Waals surface area contributed by atoms with Gasteiger partial charge in [0.15, 0.2) is 0 Å². The molecule has 2 aromatic rings. The molecule has 0 atom stereocenters. The number of rotatable bonds is 4. The van der Waals surface area contributed by atoms with Crippen LogP contribution in [0.2, 0.25) is 0 Å². The summed E-state index contributed by atoms with van der Waals surface area (Å²) in [6.45, 7) is 1.15. The maximum absolute atomic E-state index is 12.6. The molecule has 26 heavy (non-hydrogen) atoms. The Morgan fingerprint density at radius 2 is 1.77 bits per heavy atom. The molecule has 1 aromatic carbocycles. The third-order valence-electron chi connectivity index (χ3n) is 4.53. The number of piperidine rings is 1. The second-order valence-electron chi connectivity index (χ2n) is 6.19. The molecule has 2 N–H and O–H groups in total. The summed E-state index contributed by atoms with van der Waals surface area (Å²) in [4.78, 5) is 38.7. The minimum absolute atomic E-state index is 0.0149. The summed E-state index contributed by atoms with van der Waals surface area (Å²) >= 11 is 1.38. The van der Waals surface area contributed by atoms with E-state index in [4.69, 9.17) is 0 Å². The molecular formula is C19H21N3O3S. The summed E-state index contributed by atoms with van der Waals surface area (Å²) in [6.07, 6.45) is 1.36. The van der Waals surface area contributed by atoms with Crippen molar-refractivity contribution in [1.29, 1.82) is 0 Å². The molecular weight excluding hydrogens is 350 g/mol. The van der Waals surface area contributed by atoms with Gasteiger partial charge in [0.1, 0.15) is 0 Å². The molecule has 1 fully saturated rings. The highest BCUT2D eigenvalue weighted by Gasteiger charge is 2.27. The SMILES string of the molecule is CNC(=O)C1CCN(C(=O)c2ccc(NC(=O)c3cccs3)cc2)CC1. The van der Waals surface area contributed by atoms with E-state index >= 15 is 0 Å². The average Bonchev–Trinajstić information content (AvgIpc) is 3.22. The number of benzene rings is 1. The molecule has 3 amide bonds. The Kier molecular flexibility index (Phi) is 5.68. The van der Waals surface area contributed by atoms with E-state index in [9.17, 15) is 14.4 Å². The van der Waals surface area contributed by atoms with Crippen LogP contribution in [0.1, 0.15) is 32.9 Å². The van der Waals surface area contributed by atoms with Gasteiger partial charge in [0, 0.05) is 37.3 Å². The monoisotopic (exact) mass is 371 g/mol. The second kappa shape index (κ2) is 8.14. The van der Waals surface area contributed by atoms with E-state index in [-0.39, 0.29) is 23.6 Å². The highest BCUT2D eigenvalue weighted by Crippen LogP contribution is 2.20. The second-order valence-corrected chi connectivity index (χ2v) is 7.14. The van der Waals surface area contributed by atoms with Gasteiger partial charge >= 0.3 is 0 Å². The van der Waals surface area contributed by atoms with Gasteiger partial charge in [0.05, 0.1) is 4.88 Å². The lowest BCUT2D eigenvalue weighted by Crippen LogP contribution is -2.42. The summed E-state index contributed by atoms with van der Waals surface area (Å²) in [7, 11) is 1.64. The summed E-state index contributed by atoms with van der Waals surface area (Å²) in [5, 5.41) is 7.33. The zero-order chi connectivity index (χ0) is 18.5. The van der Waals surface area contributed by atoms with Gasteiger partial charge in [-0.25, -0.2) is 0 Å². The number of anilines is 1. The first-order chi connectivity index (χ1) is 12.6. The van der Waals surface area contributed by atoms with Gasteiger partial charge in [-0.2, -0.15) is 0 Å². The Morgan fingerprint density at radius 3 is 2.35 bits per heavy atom. The van der Waals surface area contributed by atoms with E-state index in [0.717, 1.165) is 0 Å². The number of hydrogen-bond donors (Lipinski definition) is 2. The highest BCUT2D eigenvalue weighted by atomic mass is 32.1. The largest absolute Gasteiger partial charge is 0.359 e. The molecule has 0 saturated carbocycles. The van der Waals surface area contributed by atoms with Crippen LogP contribution < -0.4 is 10.6 Å². The normalized spacial score (nSPS) is 14.7. The Morgan fingerprint density at radius 1 is 1.08 bits per heavy atom. The van der Waals surface area contributed by atoms with Crippen LogP contribution in [-0.2, 0) is 4.79 Å². The van der Waals surface area contributed by atoms with Crippen molar-refractivity contribution < 1.29 is 14.4 Å². The fourth-order valence-electron chi connectivity index (χ4n) is 3.03. The maximum Gasteiger partial charge on any atom is 0.265 e. The summed E-state index contributed by atoms with van der Waals surface area (Å²) in [5.41, 5.74) is 1.23. The summed E-state index contributed by atoms with van der Waals surface area (Å²) in [5.74, 6) is -0.173. The van der Waals surface area contributed by atoms with Crippen molar-refractivity contribution in [3.63, 3.8) is 0 Å². The third-order valence-corrected chi connectivity index (χ3v) is 5.40. The van der Waals surface area contributed by atoms with Gasteiger partial charge in [-0.1, -0.05) is 6.07 Å². The molecule has 1 aliphatic heterocycles. The Balaban J connectivity index is 1.57. The summed E-state index contributed by atoms with van der Waals surface area (Å²) < 4.78 is 0. The number of carbonyl (C=O) groups excluding carboxylic acids is 3. The number of likely N-dealkylation sites (tertiary alicyclic amines) is 1. The van der Waals surface area contributed by atoms with Gasteiger partial charge in [0.2, 0.25) is 5.91 Å². The summed E-state index contributed by atoms with van der Waals surface area (Å²) in [6, 6.07) is 10.5. The van der Waals surface area contributed by atoms with E-state index in [1.807, 2.05) is 11.4 Å². The predicted molar refractivity (Wildman–Crippen MR) is 101 cm³/mol. The molecule has 6 nitrogen and oxygen atoms in total. The molecule has 1 saturated heterocycles. The van der Waals surface area contributed by atoms with Crippen molar-refractivity contribution in [3.05, 3.63) is 52.2 Å². The highest BCUT2D eigenvalue weighted by molar-refractivity contribution is 7.12. The van der Waals surface area contributed by atoms with Crippen molar-refractivity contribution in [1.82, 2.24) is 10.2 Å². The number of nitrogens with one attached hydrogen (secondary N) is 2. The molecule has 0 bridgehead atoms. The van der Waals surface area contributed by atoms with E-state index in [1.165, 1.54) is 11.3 Å². The van der Waals surface area contributed by atoms with Gasteiger partial charge in [-0.05, 0) is 48.6 Å². The molecule has 2 heterocycles. The van der Waals surface area contributed by atoms with Crippen molar-refractivity contribution in [2.45, 2.75) is 12.8 Å². The van der Waals surface area contributed by atoms with E-state index < -0.39 is 0 Å². The fourth-order valence-corrected chi connectivity index (χ4v) is 3.65. The van der Waals surface area contributed by atoms with E-state index in [0.29, 0.717) is 42.1 Å². The molecule has 136 valence electrons. The minimum atomic E-state index is -0.157. The molecule has 0 radical (unpaired) electrons. The standard InChI is InChI=1S/C19H21N3O3S/c1-20-17(23)13-8-10-22(11-9-13)19(25)14-4-6-15(7-5-14)21-18(24)16-3-2-12-26-16/h2-7,12-13H,8-11H2,1H3,(H,20,23)(H,21,24). The quantitative estimate of drug-likeness (QED) is 0.867. The van der Waals surface area contributed by atoms with Gasteiger partial charge in [0.25, 0.3) is 11.8 Å². The molecule has 7 heteroatoms. The molecule has 0 spiro atoms. The van der Waals surface area contributed by atoms with E-state index in [2.05, 4.69) is 10.6 Å². The smallest absolute Gasteiger partial charge is 0.265 e. The van der Waals surface area contributed by atoms with Crippen LogP contribution in [0.15, 0.2) is 41.8 Å². The zero-order valence-electron chi connectivity index (χ0n) is 14.5. The van der Waals surface area contributed by atoms with Crippen LogP contribution in [0.5, 0.6) is 0 Å². The molecule has 0 aliphatic carbocycles. The number of hydrogen-bond acceptors (Lipinski definition) is 4. The van der Waals surface area contributed by atoms with Crippen molar-refractivity contribution in [3.8, 4) is 0 Å². The van der Waals surface area contributed by atoms with Crippen molar-refractivity contribution in [2.24, 2.45) is 5.92 Å². The Bertz CT molecular complexity index is 779. The lowest BCUT2D eigenvalue weighted by atomic mass is 9.95. The molecule has 1 aromatic heterocycles. The third kappa shape index (κ3) is 4.11. The zero-order valence-corrected chi connectivity index (χ0v) is 15.3. The average molecular weight is 371 g/mol. The van der Waals surface area contributed by atoms with Crippen LogP contribution in [0.3, 0.4) is 0 Å². The lowest BCUT2D eigenvalue weighted by molar-refractivity contribution is -0.125. The maximum atomic E-state index is 12.6. The van der Waals surface area contributed by atoms with Crippen molar-refractivity contribution in [2.75, 3.05) is 25.5 Å². The van der Waals surface area contributed by atoms with Crippen LogP contribution in [0.25, 0.3) is 0 Å². The first kappa shape index (κ1) is 18.1. The molecule has 1 aliphatic rings. The fraction of sp³-hybridized carbons (Fsp3) is 0.316. The number of amides is 3. The van der Waals surface area contributed by atoms with Gasteiger partial charge in [-0.15, -0.1) is 11.3 Å². The number of carbonyl (C=O) groups is 3. The molecule has 0 unspecified atom stereocenters. The Hall–Kier alpha value is -2.67. The van der Waals surface area contributed by atoms with Crippen LogP contribution in [0, 0.1) is 5.92 Å².